The normalized spacial score (nSPS) is 16.3. The molecule has 15 heavy (non-hydrogen) atoms. The molecule has 0 aliphatic carbocycles. The van der Waals surface area contributed by atoms with Crippen LogP contribution in [0, 0.1) is 0 Å². The third kappa shape index (κ3) is 1.50. The Kier molecular flexibility index (Phi) is 2.04. The van der Waals surface area contributed by atoms with Gasteiger partial charge in [0.25, 0.3) is 5.91 Å². The van der Waals surface area contributed by atoms with Gasteiger partial charge in [0, 0.05) is 11.3 Å². The molecule has 76 valence electrons. The number of carbonyl (C=O) groups is 2. The topological polar surface area (TPSA) is 63.4 Å². The lowest BCUT2D eigenvalue weighted by atomic mass is 10.2. The zero-order chi connectivity index (χ0) is 11.0. The van der Waals surface area contributed by atoms with Gasteiger partial charge in [-0.2, -0.15) is 0 Å². The Hall–Kier alpha value is -2.10. The molecule has 1 heterocycles. The summed E-state index contributed by atoms with van der Waals surface area (Å²) in [6.45, 7) is 3.54. The van der Waals surface area contributed by atoms with Crippen molar-refractivity contribution in [2.75, 3.05) is 10.6 Å². The molecule has 0 atom stereocenters. The van der Waals surface area contributed by atoms with Crippen LogP contribution in [0.4, 0.5) is 11.4 Å². The summed E-state index contributed by atoms with van der Waals surface area (Å²) < 4.78 is 0. The maximum atomic E-state index is 11.6. The minimum Gasteiger partial charge on any atom is -0.399 e. The summed E-state index contributed by atoms with van der Waals surface area (Å²) in [6, 6.07) is 6.58. The molecule has 0 spiro atoms. The van der Waals surface area contributed by atoms with E-state index in [4.69, 9.17) is 5.73 Å². The second-order valence-electron chi connectivity index (χ2n) is 3.41. The highest BCUT2D eigenvalue weighted by Crippen LogP contribution is 2.25. The van der Waals surface area contributed by atoms with Crippen LogP contribution >= 0.6 is 0 Å². The number of benzene rings is 1. The number of nitrogens with two attached hydrogens (primary N) is 1. The van der Waals surface area contributed by atoms with Gasteiger partial charge in [0.2, 0.25) is 5.91 Å². The number of imide groups is 1. The van der Waals surface area contributed by atoms with E-state index in [0.29, 0.717) is 16.9 Å². The Morgan fingerprint density at radius 3 is 2.27 bits per heavy atom. The van der Waals surface area contributed by atoms with Gasteiger partial charge in [0.15, 0.2) is 0 Å². The molecular formula is C11H10N2O2. The van der Waals surface area contributed by atoms with E-state index in [0.717, 1.165) is 4.90 Å². The average molecular weight is 202 g/mol. The fourth-order valence-electron chi connectivity index (χ4n) is 1.49. The fourth-order valence-corrected chi connectivity index (χ4v) is 1.49. The summed E-state index contributed by atoms with van der Waals surface area (Å²) in [5.41, 5.74) is 6.98. The molecule has 0 aromatic heterocycles. The van der Waals surface area contributed by atoms with Gasteiger partial charge >= 0.3 is 0 Å². The monoisotopic (exact) mass is 202 g/mol. The summed E-state index contributed by atoms with van der Waals surface area (Å²) in [7, 11) is 0. The quantitative estimate of drug-likeness (QED) is 0.421. The van der Waals surface area contributed by atoms with Crippen molar-refractivity contribution in [1.29, 1.82) is 0 Å². The lowest BCUT2D eigenvalue weighted by molar-refractivity contribution is -0.120. The summed E-state index contributed by atoms with van der Waals surface area (Å²) in [6.07, 6.45) is 0.100. The van der Waals surface area contributed by atoms with Crippen LogP contribution in [-0.4, -0.2) is 11.8 Å². The summed E-state index contributed by atoms with van der Waals surface area (Å²) in [5, 5.41) is 0. The van der Waals surface area contributed by atoms with Crippen molar-refractivity contribution in [2.45, 2.75) is 6.42 Å². The minimum absolute atomic E-state index is 0.100. The third-order valence-corrected chi connectivity index (χ3v) is 2.27. The lowest BCUT2D eigenvalue weighted by Gasteiger charge is -2.13. The van der Waals surface area contributed by atoms with E-state index in [9.17, 15) is 9.59 Å². The number of nitrogens with zero attached hydrogens (tertiary/aromatic N) is 1. The Balaban J connectivity index is 2.39. The first kappa shape index (κ1) is 9.45. The number of nitrogen functional groups attached to an aromatic ring is 1. The smallest absolute Gasteiger partial charge is 0.260 e. The standard InChI is InChI=1S/C11H10N2O2/c1-7-6-10(14)13(11(7)15)9-4-2-8(12)3-5-9/h2-5H,1,6,12H2. The lowest BCUT2D eigenvalue weighted by Crippen LogP contribution is -2.28. The largest absolute Gasteiger partial charge is 0.399 e. The maximum Gasteiger partial charge on any atom is 0.260 e. The molecule has 2 rings (SSSR count). The highest BCUT2D eigenvalue weighted by atomic mass is 16.2. The molecule has 2 amide bonds. The molecule has 4 heteroatoms. The van der Waals surface area contributed by atoms with Gasteiger partial charge in [-0.3, -0.25) is 9.59 Å². The molecule has 1 aliphatic rings. The van der Waals surface area contributed by atoms with E-state index in [1.807, 2.05) is 0 Å². The van der Waals surface area contributed by atoms with E-state index < -0.39 is 0 Å². The second-order valence-corrected chi connectivity index (χ2v) is 3.41. The van der Waals surface area contributed by atoms with Crippen molar-refractivity contribution in [2.24, 2.45) is 0 Å². The molecular weight excluding hydrogens is 192 g/mol. The van der Waals surface area contributed by atoms with Gasteiger partial charge in [-0.05, 0) is 24.3 Å². The highest BCUT2D eigenvalue weighted by Gasteiger charge is 2.33. The molecule has 0 saturated carbocycles. The predicted molar refractivity (Wildman–Crippen MR) is 57.1 cm³/mol. The number of rotatable bonds is 1. The van der Waals surface area contributed by atoms with E-state index in [1.54, 1.807) is 24.3 Å². The van der Waals surface area contributed by atoms with E-state index in [-0.39, 0.29) is 18.2 Å². The molecule has 1 fully saturated rings. The fraction of sp³-hybridized carbons (Fsp3) is 0.0909. The van der Waals surface area contributed by atoms with Crippen LogP contribution in [-0.2, 0) is 9.59 Å². The molecule has 0 radical (unpaired) electrons. The summed E-state index contributed by atoms with van der Waals surface area (Å²) >= 11 is 0. The van der Waals surface area contributed by atoms with Crippen LogP contribution in [0.15, 0.2) is 36.4 Å². The van der Waals surface area contributed by atoms with Crippen LogP contribution in [0.3, 0.4) is 0 Å². The molecule has 0 bridgehead atoms. The zero-order valence-corrected chi connectivity index (χ0v) is 8.06. The van der Waals surface area contributed by atoms with Gasteiger partial charge in [-0.1, -0.05) is 6.58 Å². The van der Waals surface area contributed by atoms with E-state index in [2.05, 4.69) is 6.58 Å². The van der Waals surface area contributed by atoms with E-state index >= 15 is 0 Å². The van der Waals surface area contributed by atoms with Crippen LogP contribution in [0.25, 0.3) is 0 Å². The highest BCUT2D eigenvalue weighted by molar-refractivity contribution is 6.27. The van der Waals surface area contributed by atoms with Crippen molar-refractivity contribution in [3.05, 3.63) is 36.4 Å². The zero-order valence-electron chi connectivity index (χ0n) is 8.06. The number of hydrogen-bond acceptors (Lipinski definition) is 3. The molecule has 4 nitrogen and oxygen atoms in total. The summed E-state index contributed by atoms with van der Waals surface area (Å²) in [5.74, 6) is -0.570. The molecule has 2 N–H and O–H groups in total. The van der Waals surface area contributed by atoms with Gasteiger partial charge in [-0.25, -0.2) is 4.90 Å². The van der Waals surface area contributed by atoms with E-state index in [1.165, 1.54) is 0 Å². The van der Waals surface area contributed by atoms with Crippen LogP contribution in [0.5, 0.6) is 0 Å². The first-order chi connectivity index (χ1) is 7.09. The first-order valence-corrected chi connectivity index (χ1v) is 4.50. The molecule has 0 unspecified atom stereocenters. The van der Waals surface area contributed by atoms with Crippen molar-refractivity contribution >= 4 is 23.2 Å². The Bertz CT molecular complexity index is 448. The predicted octanol–water partition coefficient (Wildman–Crippen LogP) is 1.09. The van der Waals surface area contributed by atoms with Crippen LogP contribution in [0.1, 0.15) is 6.42 Å². The van der Waals surface area contributed by atoms with Gasteiger partial charge < -0.3 is 5.73 Å². The van der Waals surface area contributed by atoms with Crippen LogP contribution < -0.4 is 10.6 Å². The van der Waals surface area contributed by atoms with Gasteiger partial charge in [0.05, 0.1) is 12.1 Å². The Morgan fingerprint density at radius 2 is 1.80 bits per heavy atom. The number of anilines is 2. The first-order valence-electron chi connectivity index (χ1n) is 4.50. The average Bonchev–Trinajstić information content (AvgIpc) is 2.44. The van der Waals surface area contributed by atoms with Crippen molar-refractivity contribution in [3.8, 4) is 0 Å². The molecule has 1 aromatic rings. The van der Waals surface area contributed by atoms with Gasteiger partial charge in [-0.15, -0.1) is 0 Å². The Morgan fingerprint density at radius 1 is 1.20 bits per heavy atom. The summed E-state index contributed by atoms with van der Waals surface area (Å²) in [4.78, 5) is 24.2. The number of carbonyl (C=O) groups excluding carboxylic acids is 2. The van der Waals surface area contributed by atoms with Crippen molar-refractivity contribution in [3.63, 3.8) is 0 Å². The number of amides is 2. The second kappa shape index (κ2) is 3.24. The maximum absolute atomic E-state index is 11.6. The number of hydrogen-bond donors (Lipinski definition) is 1. The molecule has 1 saturated heterocycles. The van der Waals surface area contributed by atoms with Crippen molar-refractivity contribution < 1.29 is 9.59 Å². The Labute approximate surface area is 87.0 Å². The van der Waals surface area contributed by atoms with Crippen LogP contribution in [0.2, 0.25) is 0 Å². The van der Waals surface area contributed by atoms with Crippen molar-refractivity contribution in [1.82, 2.24) is 0 Å². The SMILES string of the molecule is C=C1CC(=O)N(c2ccc(N)cc2)C1=O. The minimum atomic E-state index is -0.329. The molecule has 1 aliphatic heterocycles. The third-order valence-electron chi connectivity index (χ3n) is 2.27. The molecule has 1 aromatic carbocycles. The van der Waals surface area contributed by atoms with Gasteiger partial charge in [0.1, 0.15) is 0 Å².